The van der Waals surface area contributed by atoms with Gasteiger partial charge in [-0.1, -0.05) is 13.8 Å². The average Bonchev–Trinajstić information content (AvgIpc) is 3.00. The maximum Gasteiger partial charge on any atom is 0.251 e. The first-order valence-corrected chi connectivity index (χ1v) is 9.68. The molecule has 9 heteroatoms. The second kappa shape index (κ2) is 7.96. The third-order valence-corrected chi connectivity index (χ3v) is 5.58. The molecular weight excluding hydrogens is 356 g/mol. The molecule has 0 spiro atoms. The maximum atomic E-state index is 12.6. The summed E-state index contributed by atoms with van der Waals surface area (Å²) in [6.45, 7) is 5.75. The third-order valence-electron chi connectivity index (χ3n) is 3.75. The second-order valence-electron chi connectivity index (χ2n) is 6.63. The Morgan fingerprint density at radius 2 is 1.81 bits per heavy atom. The number of nitrogens with zero attached hydrogens (tertiary/aromatic N) is 3. The van der Waals surface area contributed by atoms with Gasteiger partial charge in [-0.3, -0.25) is 4.79 Å². The molecule has 1 unspecified atom stereocenters. The Balaban J connectivity index is 2.19. The van der Waals surface area contributed by atoms with Gasteiger partial charge in [0, 0.05) is 26.6 Å². The summed E-state index contributed by atoms with van der Waals surface area (Å²) in [4.78, 5) is 12.7. The fourth-order valence-electron chi connectivity index (χ4n) is 2.38. The van der Waals surface area contributed by atoms with Crippen molar-refractivity contribution in [1.82, 2.24) is 19.8 Å². The quantitative estimate of drug-likeness (QED) is 0.789. The molecule has 1 N–H and O–H groups in total. The highest BCUT2D eigenvalue weighted by atomic mass is 32.2. The highest BCUT2D eigenvalue weighted by Crippen LogP contribution is 2.21. The number of nitrogens with one attached hydrogen (secondary N) is 1. The third kappa shape index (κ3) is 4.67. The molecule has 26 heavy (non-hydrogen) atoms. The molecule has 2 aromatic rings. The molecule has 0 aliphatic heterocycles. The van der Waals surface area contributed by atoms with E-state index in [-0.39, 0.29) is 10.8 Å². The van der Waals surface area contributed by atoms with Crippen LogP contribution >= 0.6 is 0 Å². The van der Waals surface area contributed by atoms with Gasteiger partial charge in [0.2, 0.25) is 21.8 Å². The number of carbonyl (C=O) groups is 1. The van der Waals surface area contributed by atoms with Crippen LogP contribution in [0.2, 0.25) is 0 Å². The zero-order chi connectivity index (χ0) is 19.5. The molecule has 142 valence electrons. The molecule has 1 amide bonds. The molecule has 1 aromatic heterocycles. The molecule has 2 rings (SSSR count). The van der Waals surface area contributed by atoms with E-state index in [0.29, 0.717) is 29.7 Å². The normalized spacial score (nSPS) is 13.2. The van der Waals surface area contributed by atoms with Crippen LogP contribution in [-0.2, 0) is 10.0 Å². The van der Waals surface area contributed by atoms with E-state index >= 15 is 0 Å². The van der Waals surface area contributed by atoms with E-state index in [1.165, 1.54) is 38.4 Å². The minimum atomic E-state index is -3.53. The Morgan fingerprint density at radius 1 is 1.19 bits per heavy atom. The molecule has 0 aliphatic rings. The lowest BCUT2D eigenvalue weighted by atomic mass is 10.0. The molecule has 0 bridgehead atoms. The summed E-state index contributed by atoms with van der Waals surface area (Å²) in [5.41, 5.74) is 0.354. The summed E-state index contributed by atoms with van der Waals surface area (Å²) in [5.74, 6) is 0.762. The van der Waals surface area contributed by atoms with Gasteiger partial charge in [0.25, 0.3) is 5.91 Å². The first kappa shape index (κ1) is 20.1. The molecule has 0 fully saturated rings. The summed E-state index contributed by atoms with van der Waals surface area (Å²) in [7, 11) is -0.616. The second-order valence-corrected chi connectivity index (χ2v) is 8.78. The van der Waals surface area contributed by atoms with Crippen molar-refractivity contribution in [3.63, 3.8) is 0 Å². The predicted octanol–water partition coefficient (Wildman–Crippen LogP) is 2.15. The van der Waals surface area contributed by atoms with Gasteiger partial charge in [-0.05, 0) is 36.6 Å². The lowest BCUT2D eigenvalue weighted by Gasteiger charge is -2.17. The fourth-order valence-corrected chi connectivity index (χ4v) is 3.28. The number of benzene rings is 1. The van der Waals surface area contributed by atoms with E-state index in [1.807, 2.05) is 13.8 Å². The first-order chi connectivity index (χ1) is 12.1. The van der Waals surface area contributed by atoms with Crippen LogP contribution in [0.3, 0.4) is 0 Å². The van der Waals surface area contributed by atoms with E-state index < -0.39 is 16.1 Å². The largest absolute Gasteiger partial charge is 0.423 e. The zero-order valence-electron chi connectivity index (χ0n) is 15.6. The number of amides is 1. The van der Waals surface area contributed by atoms with Crippen molar-refractivity contribution in [1.29, 1.82) is 0 Å². The number of rotatable bonds is 7. The Bertz CT molecular complexity index is 857. The van der Waals surface area contributed by atoms with Crippen LogP contribution in [0.4, 0.5) is 0 Å². The molecular formula is C17H24N4O4S. The van der Waals surface area contributed by atoms with Crippen molar-refractivity contribution >= 4 is 15.9 Å². The topological polar surface area (TPSA) is 105 Å². The fraction of sp³-hybridized carbons (Fsp3) is 0.471. The highest BCUT2D eigenvalue weighted by Gasteiger charge is 2.23. The average molecular weight is 380 g/mol. The van der Waals surface area contributed by atoms with Gasteiger partial charge in [-0.25, -0.2) is 12.7 Å². The van der Waals surface area contributed by atoms with Gasteiger partial charge in [-0.2, -0.15) is 0 Å². The summed E-state index contributed by atoms with van der Waals surface area (Å²) in [6, 6.07) is 5.39. The molecule has 0 saturated carbocycles. The lowest BCUT2D eigenvalue weighted by Crippen LogP contribution is -2.30. The number of aromatic nitrogens is 2. The smallest absolute Gasteiger partial charge is 0.251 e. The molecule has 1 heterocycles. The molecule has 0 aliphatic carbocycles. The highest BCUT2D eigenvalue weighted by molar-refractivity contribution is 7.89. The Hall–Kier alpha value is -2.26. The van der Waals surface area contributed by atoms with Crippen molar-refractivity contribution in [2.45, 2.75) is 38.1 Å². The molecule has 0 saturated heterocycles. The van der Waals surface area contributed by atoms with Crippen LogP contribution in [-0.4, -0.2) is 42.9 Å². The van der Waals surface area contributed by atoms with E-state index in [0.717, 1.165) is 4.31 Å². The summed E-state index contributed by atoms with van der Waals surface area (Å²) in [5, 5.41) is 10.7. The van der Waals surface area contributed by atoms with E-state index in [9.17, 15) is 13.2 Å². The first-order valence-electron chi connectivity index (χ1n) is 8.24. The minimum Gasteiger partial charge on any atom is -0.423 e. The van der Waals surface area contributed by atoms with Crippen LogP contribution in [0.1, 0.15) is 48.4 Å². The monoisotopic (exact) mass is 380 g/mol. The van der Waals surface area contributed by atoms with Gasteiger partial charge in [0.1, 0.15) is 6.04 Å². The van der Waals surface area contributed by atoms with E-state index in [1.54, 1.807) is 6.92 Å². The maximum absolute atomic E-state index is 12.6. The van der Waals surface area contributed by atoms with Crippen molar-refractivity contribution in [3.05, 3.63) is 41.6 Å². The van der Waals surface area contributed by atoms with Gasteiger partial charge < -0.3 is 9.73 Å². The van der Waals surface area contributed by atoms with Gasteiger partial charge in [0.05, 0.1) is 4.90 Å². The Kier molecular flexibility index (Phi) is 6.14. The van der Waals surface area contributed by atoms with Crippen LogP contribution < -0.4 is 5.32 Å². The van der Waals surface area contributed by atoms with Crippen molar-refractivity contribution in [2.24, 2.45) is 5.92 Å². The van der Waals surface area contributed by atoms with Crippen molar-refractivity contribution < 1.29 is 17.6 Å². The van der Waals surface area contributed by atoms with E-state index in [2.05, 4.69) is 15.5 Å². The molecule has 0 radical (unpaired) electrons. The number of sulfonamides is 1. The van der Waals surface area contributed by atoms with Crippen LogP contribution in [0, 0.1) is 12.8 Å². The summed E-state index contributed by atoms with van der Waals surface area (Å²) >= 11 is 0. The summed E-state index contributed by atoms with van der Waals surface area (Å²) in [6.07, 6.45) is 0.639. The van der Waals surface area contributed by atoms with E-state index in [4.69, 9.17) is 4.42 Å². The van der Waals surface area contributed by atoms with Crippen LogP contribution in [0.5, 0.6) is 0 Å². The number of hydrogen-bond donors (Lipinski definition) is 1. The SMILES string of the molecule is Cc1nnc(C(CC(C)C)NC(=O)c2ccc(S(=O)(=O)N(C)C)cc2)o1. The van der Waals surface area contributed by atoms with Gasteiger partial charge in [0.15, 0.2) is 0 Å². The molecule has 1 aromatic carbocycles. The molecule has 8 nitrogen and oxygen atoms in total. The number of aryl methyl sites for hydroxylation is 1. The van der Waals surface area contributed by atoms with Gasteiger partial charge >= 0.3 is 0 Å². The Labute approximate surface area is 153 Å². The van der Waals surface area contributed by atoms with Crippen molar-refractivity contribution in [2.75, 3.05) is 14.1 Å². The number of hydrogen-bond acceptors (Lipinski definition) is 6. The minimum absolute atomic E-state index is 0.130. The lowest BCUT2D eigenvalue weighted by molar-refractivity contribution is 0.0924. The van der Waals surface area contributed by atoms with Gasteiger partial charge in [-0.15, -0.1) is 10.2 Å². The predicted molar refractivity (Wildman–Crippen MR) is 96.0 cm³/mol. The van der Waals surface area contributed by atoms with Crippen LogP contribution in [0.25, 0.3) is 0 Å². The standard InChI is InChI=1S/C17H24N4O4S/c1-11(2)10-15(17-20-19-12(3)25-17)18-16(22)13-6-8-14(9-7-13)26(23,24)21(4)5/h6-9,11,15H,10H2,1-5H3,(H,18,22). The summed E-state index contributed by atoms with van der Waals surface area (Å²) < 4.78 is 30.8. The molecule has 1 atom stereocenters. The zero-order valence-corrected chi connectivity index (χ0v) is 16.4. The van der Waals surface area contributed by atoms with Crippen molar-refractivity contribution in [3.8, 4) is 0 Å². The van der Waals surface area contributed by atoms with Crippen LogP contribution in [0.15, 0.2) is 33.6 Å². The Morgan fingerprint density at radius 3 is 2.27 bits per heavy atom. The number of carbonyl (C=O) groups excluding carboxylic acids is 1.